The van der Waals surface area contributed by atoms with Crippen LogP contribution in [0, 0.1) is 6.92 Å². The maximum absolute atomic E-state index is 11.8. The SMILES string of the molecule is Cc1ccc2c(CCN3CCCC3)cn(CCCN)c2c1C(=O)O. The van der Waals surface area contributed by atoms with Crippen LogP contribution in [0.4, 0.5) is 0 Å². The van der Waals surface area contributed by atoms with Gasteiger partial charge in [0.05, 0.1) is 11.1 Å². The molecule has 0 atom stereocenters. The molecule has 5 heteroatoms. The van der Waals surface area contributed by atoms with Crippen molar-refractivity contribution in [1.29, 1.82) is 0 Å². The third kappa shape index (κ3) is 3.32. The van der Waals surface area contributed by atoms with Crippen LogP contribution >= 0.6 is 0 Å². The van der Waals surface area contributed by atoms with Gasteiger partial charge in [0, 0.05) is 24.7 Å². The highest BCUT2D eigenvalue weighted by molar-refractivity contribution is 6.04. The quantitative estimate of drug-likeness (QED) is 0.819. The monoisotopic (exact) mass is 329 g/mol. The lowest BCUT2D eigenvalue weighted by atomic mass is 10.0. The van der Waals surface area contributed by atoms with Gasteiger partial charge in [0.2, 0.25) is 0 Å². The van der Waals surface area contributed by atoms with Gasteiger partial charge in [-0.05, 0) is 63.4 Å². The number of carboxylic acids is 1. The largest absolute Gasteiger partial charge is 0.478 e. The van der Waals surface area contributed by atoms with Crippen molar-refractivity contribution < 1.29 is 9.90 Å². The molecule has 3 N–H and O–H groups in total. The minimum atomic E-state index is -0.851. The lowest BCUT2D eigenvalue weighted by molar-refractivity contribution is 0.0698. The number of nitrogens with two attached hydrogens (primary N) is 1. The summed E-state index contributed by atoms with van der Waals surface area (Å²) in [5, 5.41) is 10.8. The fourth-order valence-corrected chi connectivity index (χ4v) is 3.76. The van der Waals surface area contributed by atoms with Gasteiger partial charge >= 0.3 is 5.97 Å². The number of carbonyl (C=O) groups is 1. The highest BCUT2D eigenvalue weighted by Crippen LogP contribution is 2.28. The maximum Gasteiger partial charge on any atom is 0.338 e. The Hall–Kier alpha value is -1.85. The number of rotatable bonds is 7. The summed E-state index contributed by atoms with van der Waals surface area (Å²) >= 11 is 0. The van der Waals surface area contributed by atoms with Crippen molar-refractivity contribution in [2.45, 2.75) is 39.2 Å². The van der Waals surface area contributed by atoms with Crippen LogP contribution in [-0.4, -0.2) is 46.7 Å². The van der Waals surface area contributed by atoms with Crippen LogP contribution < -0.4 is 5.73 Å². The van der Waals surface area contributed by atoms with E-state index in [1.54, 1.807) is 0 Å². The Morgan fingerprint density at radius 1 is 1.25 bits per heavy atom. The number of likely N-dealkylation sites (tertiary alicyclic amines) is 1. The van der Waals surface area contributed by atoms with Crippen LogP contribution in [0.2, 0.25) is 0 Å². The molecule has 1 aliphatic rings. The van der Waals surface area contributed by atoms with Crippen molar-refractivity contribution in [2.75, 3.05) is 26.2 Å². The Labute approximate surface area is 143 Å². The lowest BCUT2D eigenvalue weighted by Gasteiger charge is -2.13. The zero-order chi connectivity index (χ0) is 17.1. The first-order valence-electron chi connectivity index (χ1n) is 8.89. The zero-order valence-electron chi connectivity index (χ0n) is 14.4. The minimum absolute atomic E-state index is 0.428. The molecular formula is C19H27N3O2. The summed E-state index contributed by atoms with van der Waals surface area (Å²) in [7, 11) is 0. The average Bonchev–Trinajstić information content (AvgIpc) is 3.18. The fourth-order valence-electron chi connectivity index (χ4n) is 3.76. The molecule has 0 unspecified atom stereocenters. The molecule has 1 saturated heterocycles. The predicted octanol–water partition coefficient (Wildman–Crippen LogP) is 2.64. The van der Waals surface area contributed by atoms with Crippen molar-refractivity contribution in [3.05, 3.63) is 35.0 Å². The van der Waals surface area contributed by atoms with E-state index in [2.05, 4.69) is 21.7 Å². The second kappa shape index (κ2) is 7.36. The number of aromatic nitrogens is 1. The van der Waals surface area contributed by atoms with E-state index in [4.69, 9.17) is 5.73 Å². The molecule has 5 nitrogen and oxygen atoms in total. The van der Waals surface area contributed by atoms with Gasteiger partial charge in [0.1, 0.15) is 0 Å². The molecule has 130 valence electrons. The standard InChI is InChI=1S/C19H27N3O2/c1-14-5-6-16-15(7-12-21-9-2-3-10-21)13-22(11-4-8-20)18(16)17(14)19(23)24/h5-6,13H,2-4,7-12,20H2,1H3,(H,23,24). The van der Waals surface area contributed by atoms with E-state index in [-0.39, 0.29) is 0 Å². The Balaban J connectivity index is 1.99. The molecule has 3 rings (SSSR count). The summed E-state index contributed by atoms with van der Waals surface area (Å²) in [5.41, 5.74) is 9.00. The number of hydrogen-bond donors (Lipinski definition) is 2. The van der Waals surface area contributed by atoms with Crippen molar-refractivity contribution in [1.82, 2.24) is 9.47 Å². The van der Waals surface area contributed by atoms with Crippen LogP contribution in [0.1, 0.15) is 40.7 Å². The van der Waals surface area contributed by atoms with Crippen molar-refractivity contribution in [3.63, 3.8) is 0 Å². The molecule has 24 heavy (non-hydrogen) atoms. The first kappa shape index (κ1) is 17.0. The summed E-state index contributed by atoms with van der Waals surface area (Å²) in [4.78, 5) is 14.3. The molecule has 2 aromatic rings. The van der Waals surface area contributed by atoms with Gasteiger partial charge in [-0.25, -0.2) is 4.79 Å². The van der Waals surface area contributed by atoms with Gasteiger partial charge in [0.25, 0.3) is 0 Å². The second-order valence-corrected chi connectivity index (χ2v) is 6.75. The molecule has 2 heterocycles. The predicted molar refractivity (Wildman–Crippen MR) is 96.7 cm³/mol. The van der Waals surface area contributed by atoms with E-state index >= 15 is 0 Å². The number of nitrogens with zero attached hydrogens (tertiary/aromatic N) is 2. The van der Waals surface area contributed by atoms with E-state index < -0.39 is 5.97 Å². The Morgan fingerprint density at radius 3 is 2.67 bits per heavy atom. The summed E-state index contributed by atoms with van der Waals surface area (Å²) in [6.07, 6.45) is 6.54. The van der Waals surface area contributed by atoms with Crippen LogP contribution in [0.5, 0.6) is 0 Å². The third-order valence-electron chi connectivity index (χ3n) is 5.04. The molecule has 0 radical (unpaired) electrons. The van der Waals surface area contributed by atoms with E-state index in [9.17, 15) is 9.90 Å². The Bertz CT molecular complexity index is 730. The van der Waals surface area contributed by atoms with Crippen molar-refractivity contribution >= 4 is 16.9 Å². The van der Waals surface area contributed by atoms with Crippen LogP contribution in [0.25, 0.3) is 10.9 Å². The van der Waals surface area contributed by atoms with E-state index in [1.807, 2.05) is 13.0 Å². The number of aromatic carboxylic acids is 1. The Kier molecular flexibility index (Phi) is 5.21. The molecule has 0 aliphatic carbocycles. The minimum Gasteiger partial charge on any atom is -0.478 e. The van der Waals surface area contributed by atoms with Gasteiger partial charge in [-0.3, -0.25) is 0 Å². The molecule has 0 spiro atoms. The number of benzene rings is 1. The molecule has 0 saturated carbocycles. The number of aryl methyl sites for hydroxylation is 2. The van der Waals surface area contributed by atoms with E-state index in [1.165, 1.54) is 31.5 Å². The van der Waals surface area contributed by atoms with Gasteiger partial charge in [0.15, 0.2) is 0 Å². The number of hydrogen-bond acceptors (Lipinski definition) is 3. The Morgan fingerprint density at radius 2 is 2.00 bits per heavy atom. The van der Waals surface area contributed by atoms with Crippen molar-refractivity contribution in [2.24, 2.45) is 5.73 Å². The number of fused-ring (bicyclic) bond motifs is 1. The smallest absolute Gasteiger partial charge is 0.338 e. The van der Waals surface area contributed by atoms with E-state index in [0.717, 1.165) is 42.4 Å². The normalized spacial score (nSPS) is 15.4. The summed E-state index contributed by atoms with van der Waals surface area (Å²) < 4.78 is 2.10. The second-order valence-electron chi connectivity index (χ2n) is 6.75. The molecule has 1 aromatic carbocycles. The topological polar surface area (TPSA) is 71.5 Å². The van der Waals surface area contributed by atoms with Gasteiger partial charge in [-0.2, -0.15) is 0 Å². The molecule has 1 aliphatic heterocycles. The zero-order valence-corrected chi connectivity index (χ0v) is 14.4. The van der Waals surface area contributed by atoms with Crippen LogP contribution in [0.3, 0.4) is 0 Å². The van der Waals surface area contributed by atoms with Gasteiger partial charge in [-0.1, -0.05) is 12.1 Å². The van der Waals surface area contributed by atoms with E-state index in [0.29, 0.717) is 12.1 Å². The fraction of sp³-hybridized carbons (Fsp3) is 0.526. The van der Waals surface area contributed by atoms with Crippen LogP contribution in [-0.2, 0) is 13.0 Å². The number of carboxylic acid groups (broad SMARTS) is 1. The molecule has 1 fully saturated rings. The van der Waals surface area contributed by atoms with Gasteiger partial charge < -0.3 is 20.3 Å². The molecular weight excluding hydrogens is 302 g/mol. The maximum atomic E-state index is 11.8. The van der Waals surface area contributed by atoms with Gasteiger partial charge in [-0.15, -0.1) is 0 Å². The lowest BCUT2D eigenvalue weighted by Crippen LogP contribution is -2.21. The summed E-state index contributed by atoms with van der Waals surface area (Å²) in [6, 6.07) is 4.01. The summed E-state index contributed by atoms with van der Waals surface area (Å²) in [6.45, 7) is 6.66. The molecule has 0 bridgehead atoms. The highest BCUT2D eigenvalue weighted by Gasteiger charge is 2.19. The average molecular weight is 329 g/mol. The first-order chi connectivity index (χ1) is 11.6. The van der Waals surface area contributed by atoms with Crippen molar-refractivity contribution in [3.8, 4) is 0 Å². The third-order valence-corrected chi connectivity index (χ3v) is 5.04. The first-order valence-corrected chi connectivity index (χ1v) is 8.89. The molecule has 1 aromatic heterocycles. The molecule has 0 amide bonds. The van der Waals surface area contributed by atoms with Crippen LogP contribution in [0.15, 0.2) is 18.3 Å². The highest BCUT2D eigenvalue weighted by atomic mass is 16.4. The summed E-state index contributed by atoms with van der Waals surface area (Å²) in [5.74, 6) is -0.851.